The molecule has 0 aromatic carbocycles. The van der Waals surface area contributed by atoms with Gasteiger partial charge in [0, 0.05) is 13.1 Å². The highest BCUT2D eigenvalue weighted by atomic mass is 32.2. The lowest BCUT2D eigenvalue weighted by Crippen LogP contribution is -2.42. The Labute approximate surface area is 115 Å². The van der Waals surface area contributed by atoms with Gasteiger partial charge in [-0.2, -0.15) is 0 Å². The first-order chi connectivity index (χ1) is 9.07. The number of carbonyl (C=O) groups is 1. The number of ether oxygens (including phenoxy) is 1. The number of nitrogens with zero attached hydrogens (tertiary/aromatic N) is 1. The summed E-state index contributed by atoms with van der Waals surface area (Å²) < 4.78 is 31.7. The normalized spacial score (nSPS) is 29.9. The average Bonchev–Trinajstić information content (AvgIpc) is 2.73. The molecule has 0 amide bonds. The van der Waals surface area contributed by atoms with Gasteiger partial charge in [0.2, 0.25) is 10.0 Å². The minimum Gasteiger partial charge on any atom is -0.469 e. The Hall–Kier alpha value is -0.620. The number of carbonyl (C=O) groups excluding carboxylic acids is 1. The molecule has 0 aromatic rings. The van der Waals surface area contributed by atoms with E-state index in [0.717, 1.165) is 32.1 Å². The summed E-state index contributed by atoms with van der Waals surface area (Å²) in [6.45, 7) is 1.21. The van der Waals surface area contributed by atoms with Crippen LogP contribution in [0.5, 0.6) is 0 Å². The standard InChI is InChI=1S/C13H23NO4S/c1-18-13(15)11-7-6-8-12(11)19(16,17)14-9-4-2-3-5-10-14/h11-12H,2-10H2,1H3. The topological polar surface area (TPSA) is 63.7 Å². The fourth-order valence-corrected chi connectivity index (χ4v) is 5.47. The SMILES string of the molecule is COC(=O)C1CCCC1S(=O)(=O)N1CCCCCC1. The van der Waals surface area contributed by atoms with Gasteiger partial charge in [0.25, 0.3) is 0 Å². The van der Waals surface area contributed by atoms with Crippen molar-refractivity contribution < 1.29 is 17.9 Å². The van der Waals surface area contributed by atoms with Crippen LogP contribution in [0.4, 0.5) is 0 Å². The Morgan fingerprint density at radius 3 is 2.26 bits per heavy atom. The largest absolute Gasteiger partial charge is 0.469 e. The zero-order chi connectivity index (χ0) is 13.9. The lowest BCUT2D eigenvalue weighted by Gasteiger charge is -2.26. The predicted octanol–water partition coefficient (Wildman–Crippen LogP) is 1.53. The quantitative estimate of drug-likeness (QED) is 0.739. The van der Waals surface area contributed by atoms with Crippen LogP contribution in [0.25, 0.3) is 0 Å². The second-order valence-electron chi connectivity index (χ2n) is 5.46. The van der Waals surface area contributed by atoms with Crippen LogP contribution in [0, 0.1) is 5.92 Å². The van der Waals surface area contributed by atoms with Crippen molar-refractivity contribution in [1.29, 1.82) is 0 Å². The smallest absolute Gasteiger partial charge is 0.310 e. The van der Waals surface area contributed by atoms with Crippen LogP contribution < -0.4 is 0 Å². The molecule has 1 saturated carbocycles. The maximum absolute atomic E-state index is 12.7. The zero-order valence-corrected chi connectivity index (χ0v) is 12.3. The van der Waals surface area contributed by atoms with Gasteiger partial charge in [0.05, 0.1) is 18.3 Å². The number of esters is 1. The molecule has 0 spiro atoms. The van der Waals surface area contributed by atoms with Gasteiger partial charge in [-0.05, 0) is 25.7 Å². The first-order valence-corrected chi connectivity index (χ1v) is 8.64. The van der Waals surface area contributed by atoms with Gasteiger partial charge in [-0.15, -0.1) is 0 Å². The summed E-state index contributed by atoms with van der Waals surface area (Å²) in [5, 5.41) is -0.571. The van der Waals surface area contributed by atoms with E-state index in [1.165, 1.54) is 7.11 Å². The van der Waals surface area contributed by atoms with Gasteiger partial charge in [0.1, 0.15) is 0 Å². The Bertz CT molecular complexity index is 412. The van der Waals surface area contributed by atoms with E-state index in [-0.39, 0.29) is 5.97 Å². The molecule has 1 aliphatic heterocycles. The van der Waals surface area contributed by atoms with Crippen molar-refractivity contribution in [2.75, 3.05) is 20.2 Å². The van der Waals surface area contributed by atoms with E-state index in [0.29, 0.717) is 25.9 Å². The number of hydrogen-bond donors (Lipinski definition) is 0. The summed E-state index contributed by atoms with van der Waals surface area (Å²) in [6, 6.07) is 0. The summed E-state index contributed by atoms with van der Waals surface area (Å²) in [6.07, 6.45) is 6.04. The molecule has 2 fully saturated rings. The Balaban J connectivity index is 2.15. The lowest BCUT2D eigenvalue weighted by atomic mass is 10.1. The molecule has 0 aromatic heterocycles. The van der Waals surface area contributed by atoms with E-state index in [1.54, 1.807) is 4.31 Å². The molecular formula is C13H23NO4S. The van der Waals surface area contributed by atoms with Crippen molar-refractivity contribution in [3.63, 3.8) is 0 Å². The Morgan fingerprint density at radius 2 is 1.68 bits per heavy atom. The fraction of sp³-hybridized carbons (Fsp3) is 0.923. The Morgan fingerprint density at radius 1 is 1.05 bits per heavy atom. The van der Waals surface area contributed by atoms with Crippen LogP contribution in [-0.4, -0.2) is 44.1 Å². The van der Waals surface area contributed by atoms with E-state index < -0.39 is 21.2 Å². The highest BCUT2D eigenvalue weighted by Crippen LogP contribution is 2.34. The third kappa shape index (κ3) is 3.11. The predicted molar refractivity (Wildman–Crippen MR) is 72.1 cm³/mol. The fourth-order valence-electron chi connectivity index (χ4n) is 3.19. The van der Waals surface area contributed by atoms with E-state index in [1.807, 2.05) is 0 Å². The molecule has 1 aliphatic carbocycles. The summed E-state index contributed by atoms with van der Waals surface area (Å²) >= 11 is 0. The number of methoxy groups -OCH3 is 1. The van der Waals surface area contributed by atoms with Crippen LogP contribution in [-0.2, 0) is 19.6 Å². The molecule has 6 heteroatoms. The molecule has 19 heavy (non-hydrogen) atoms. The van der Waals surface area contributed by atoms with E-state index in [4.69, 9.17) is 4.74 Å². The highest BCUT2D eigenvalue weighted by Gasteiger charge is 2.44. The summed E-state index contributed by atoms with van der Waals surface area (Å²) in [5.74, 6) is -0.848. The zero-order valence-electron chi connectivity index (χ0n) is 11.5. The monoisotopic (exact) mass is 289 g/mol. The molecule has 0 radical (unpaired) electrons. The second-order valence-corrected chi connectivity index (χ2v) is 7.61. The van der Waals surface area contributed by atoms with Crippen molar-refractivity contribution >= 4 is 16.0 Å². The first kappa shape index (κ1) is 14.8. The molecule has 1 saturated heterocycles. The molecule has 2 aliphatic rings. The molecule has 5 nitrogen and oxygen atoms in total. The van der Waals surface area contributed by atoms with Gasteiger partial charge >= 0.3 is 5.97 Å². The maximum atomic E-state index is 12.7. The molecule has 1 heterocycles. The van der Waals surface area contributed by atoms with Crippen LogP contribution in [0.2, 0.25) is 0 Å². The van der Waals surface area contributed by atoms with E-state index in [9.17, 15) is 13.2 Å². The molecule has 2 unspecified atom stereocenters. The van der Waals surface area contributed by atoms with Crippen LogP contribution in [0.1, 0.15) is 44.9 Å². The molecule has 110 valence electrons. The molecule has 2 rings (SSSR count). The van der Waals surface area contributed by atoms with Gasteiger partial charge in [0.15, 0.2) is 0 Å². The van der Waals surface area contributed by atoms with Crippen molar-refractivity contribution in [2.24, 2.45) is 5.92 Å². The van der Waals surface area contributed by atoms with Crippen LogP contribution in [0.15, 0.2) is 0 Å². The van der Waals surface area contributed by atoms with Crippen molar-refractivity contribution in [3.8, 4) is 0 Å². The van der Waals surface area contributed by atoms with Crippen molar-refractivity contribution in [2.45, 2.75) is 50.2 Å². The minimum absolute atomic E-state index is 0.374. The first-order valence-electron chi connectivity index (χ1n) is 7.14. The highest BCUT2D eigenvalue weighted by molar-refractivity contribution is 7.89. The second kappa shape index (κ2) is 6.22. The third-order valence-electron chi connectivity index (χ3n) is 4.26. The average molecular weight is 289 g/mol. The number of rotatable bonds is 3. The molecule has 0 N–H and O–H groups in total. The third-order valence-corrected chi connectivity index (χ3v) is 6.68. The van der Waals surface area contributed by atoms with E-state index in [2.05, 4.69) is 0 Å². The summed E-state index contributed by atoms with van der Waals surface area (Å²) in [4.78, 5) is 11.7. The number of hydrogen-bond acceptors (Lipinski definition) is 4. The van der Waals surface area contributed by atoms with Crippen molar-refractivity contribution in [3.05, 3.63) is 0 Å². The van der Waals surface area contributed by atoms with Gasteiger partial charge in [-0.1, -0.05) is 19.3 Å². The van der Waals surface area contributed by atoms with Crippen LogP contribution in [0.3, 0.4) is 0 Å². The van der Waals surface area contributed by atoms with Gasteiger partial charge in [-0.25, -0.2) is 12.7 Å². The summed E-state index contributed by atoms with van der Waals surface area (Å²) in [7, 11) is -2.03. The van der Waals surface area contributed by atoms with Gasteiger partial charge in [-0.3, -0.25) is 4.79 Å². The number of sulfonamides is 1. The lowest BCUT2D eigenvalue weighted by molar-refractivity contribution is -0.145. The van der Waals surface area contributed by atoms with Crippen molar-refractivity contribution in [1.82, 2.24) is 4.31 Å². The minimum atomic E-state index is -3.36. The molecule has 2 atom stereocenters. The van der Waals surface area contributed by atoms with Crippen LogP contribution >= 0.6 is 0 Å². The Kier molecular flexibility index (Phi) is 4.84. The maximum Gasteiger partial charge on any atom is 0.310 e. The molecule has 0 bridgehead atoms. The summed E-state index contributed by atoms with van der Waals surface area (Å²) in [5.41, 5.74) is 0. The van der Waals surface area contributed by atoms with E-state index >= 15 is 0 Å². The molecular weight excluding hydrogens is 266 g/mol. The van der Waals surface area contributed by atoms with Gasteiger partial charge < -0.3 is 4.74 Å².